The van der Waals surface area contributed by atoms with Crippen molar-refractivity contribution >= 4 is 5.82 Å². The number of hydrogen-bond donors (Lipinski definition) is 2. The normalized spacial score (nSPS) is 11.5. The van der Waals surface area contributed by atoms with Crippen LogP contribution in [0.5, 0.6) is 0 Å². The highest BCUT2D eigenvalue weighted by molar-refractivity contribution is 5.41. The van der Waals surface area contributed by atoms with Crippen molar-refractivity contribution in [1.29, 1.82) is 0 Å². The molecule has 0 aliphatic heterocycles. The van der Waals surface area contributed by atoms with E-state index in [1.165, 1.54) is 0 Å². The Morgan fingerprint density at radius 1 is 1.14 bits per heavy atom. The molecule has 112 valence electrons. The molecule has 0 amide bonds. The van der Waals surface area contributed by atoms with E-state index in [0.717, 1.165) is 18.4 Å². The average molecular weight is 288 g/mol. The summed E-state index contributed by atoms with van der Waals surface area (Å²) in [5, 5.41) is 0. The number of halogens is 1. The van der Waals surface area contributed by atoms with Crippen molar-refractivity contribution in [2.75, 3.05) is 5.43 Å². The van der Waals surface area contributed by atoms with Crippen LogP contribution in [0.2, 0.25) is 0 Å². The highest BCUT2D eigenvalue weighted by atomic mass is 19.1. The van der Waals surface area contributed by atoms with Crippen LogP contribution in [0.3, 0.4) is 0 Å². The van der Waals surface area contributed by atoms with Gasteiger partial charge in [0, 0.05) is 0 Å². The zero-order valence-electron chi connectivity index (χ0n) is 12.7. The van der Waals surface area contributed by atoms with Crippen molar-refractivity contribution in [1.82, 2.24) is 9.97 Å². The number of nitrogen functional groups attached to an aromatic ring is 1. The lowest BCUT2D eigenvalue weighted by molar-refractivity contribution is 0.443. The molecule has 0 bridgehead atoms. The Kier molecular flexibility index (Phi) is 4.53. The second kappa shape index (κ2) is 6.18. The molecule has 0 saturated heterocycles. The fourth-order valence-corrected chi connectivity index (χ4v) is 2.73. The Balaban J connectivity index is 2.66. The maximum Gasteiger partial charge on any atom is 0.187 e. The second-order valence-electron chi connectivity index (χ2n) is 5.09. The summed E-state index contributed by atoms with van der Waals surface area (Å²) in [4.78, 5) is 8.71. The van der Waals surface area contributed by atoms with E-state index in [-0.39, 0.29) is 11.2 Å². The Bertz CT molecular complexity index is 609. The zero-order valence-corrected chi connectivity index (χ0v) is 12.7. The van der Waals surface area contributed by atoms with E-state index in [9.17, 15) is 4.39 Å². The minimum atomic E-state index is -0.504. The van der Waals surface area contributed by atoms with E-state index in [0.29, 0.717) is 11.5 Å². The average Bonchev–Trinajstić information content (AvgIpc) is 2.53. The van der Waals surface area contributed by atoms with E-state index < -0.39 is 5.82 Å². The molecule has 4 nitrogen and oxygen atoms in total. The first-order valence-electron chi connectivity index (χ1n) is 7.15. The molecule has 0 radical (unpaired) electrons. The Labute approximate surface area is 124 Å². The van der Waals surface area contributed by atoms with Gasteiger partial charge in [-0.3, -0.25) is 0 Å². The lowest BCUT2D eigenvalue weighted by atomic mass is 9.75. The predicted octanol–water partition coefficient (Wildman–Crippen LogP) is 3.32. The van der Waals surface area contributed by atoms with Crippen molar-refractivity contribution in [2.45, 2.75) is 39.0 Å². The monoisotopic (exact) mass is 288 g/mol. The molecular formula is C16H21FN4. The summed E-state index contributed by atoms with van der Waals surface area (Å²) in [5.41, 5.74) is 3.41. The van der Waals surface area contributed by atoms with Gasteiger partial charge in [-0.25, -0.2) is 20.2 Å². The smallest absolute Gasteiger partial charge is 0.187 e. The molecule has 1 heterocycles. The van der Waals surface area contributed by atoms with Crippen molar-refractivity contribution in [3.05, 3.63) is 53.2 Å². The SMILES string of the molecule is CCC(CC)(c1ccccc1)c1nc(C)c(F)c(NN)n1. The number of aromatic nitrogens is 2. The fraction of sp³-hybridized carbons (Fsp3) is 0.375. The summed E-state index contributed by atoms with van der Waals surface area (Å²) < 4.78 is 13.9. The van der Waals surface area contributed by atoms with Crippen LogP contribution in [0, 0.1) is 12.7 Å². The van der Waals surface area contributed by atoms with Gasteiger partial charge in [-0.1, -0.05) is 44.2 Å². The van der Waals surface area contributed by atoms with Gasteiger partial charge in [-0.05, 0) is 25.3 Å². The molecule has 0 fully saturated rings. The Morgan fingerprint density at radius 2 is 1.76 bits per heavy atom. The predicted molar refractivity (Wildman–Crippen MR) is 82.3 cm³/mol. The topological polar surface area (TPSA) is 63.8 Å². The van der Waals surface area contributed by atoms with Gasteiger partial charge in [-0.2, -0.15) is 0 Å². The minimum Gasteiger partial charge on any atom is -0.306 e. The first-order valence-corrected chi connectivity index (χ1v) is 7.15. The van der Waals surface area contributed by atoms with E-state index in [1.807, 2.05) is 18.2 Å². The van der Waals surface area contributed by atoms with Crippen LogP contribution in [0.1, 0.15) is 43.8 Å². The number of anilines is 1. The summed E-state index contributed by atoms with van der Waals surface area (Å²) in [7, 11) is 0. The molecule has 0 unspecified atom stereocenters. The quantitative estimate of drug-likeness (QED) is 0.654. The molecule has 0 atom stereocenters. The van der Waals surface area contributed by atoms with Crippen LogP contribution in [-0.2, 0) is 5.41 Å². The van der Waals surface area contributed by atoms with E-state index in [2.05, 4.69) is 41.4 Å². The Morgan fingerprint density at radius 3 is 2.29 bits per heavy atom. The number of hydrazine groups is 1. The number of nitrogens with two attached hydrogens (primary N) is 1. The molecule has 3 N–H and O–H groups in total. The highest BCUT2D eigenvalue weighted by Crippen LogP contribution is 2.37. The maximum absolute atomic E-state index is 13.9. The third kappa shape index (κ3) is 2.61. The molecule has 2 aromatic rings. The van der Waals surface area contributed by atoms with Gasteiger partial charge in [0.05, 0.1) is 11.1 Å². The summed E-state index contributed by atoms with van der Waals surface area (Å²) in [5.74, 6) is 5.51. The van der Waals surface area contributed by atoms with Gasteiger partial charge in [-0.15, -0.1) is 0 Å². The molecular weight excluding hydrogens is 267 g/mol. The van der Waals surface area contributed by atoms with Crippen molar-refractivity contribution in [3.8, 4) is 0 Å². The van der Waals surface area contributed by atoms with Crippen molar-refractivity contribution in [3.63, 3.8) is 0 Å². The number of nitrogens with one attached hydrogen (secondary N) is 1. The first-order chi connectivity index (χ1) is 10.1. The third-order valence-corrected chi connectivity index (χ3v) is 4.12. The highest BCUT2D eigenvalue weighted by Gasteiger charge is 2.34. The number of nitrogens with zero attached hydrogens (tertiary/aromatic N) is 2. The van der Waals surface area contributed by atoms with Gasteiger partial charge in [0.2, 0.25) is 0 Å². The van der Waals surface area contributed by atoms with E-state index in [4.69, 9.17) is 5.84 Å². The van der Waals surface area contributed by atoms with Crippen LogP contribution >= 0.6 is 0 Å². The number of benzene rings is 1. The lowest BCUT2D eigenvalue weighted by Gasteiger charge is -2.31. The second-order valence-corrected chi connectivity index (χ2v) is 5.09. The minimum absolute atomic E-state index is 0.0414. The molecule has 5 heteroatoms. The van der Waals surface area contributed by atoms with Gasteiger partial charge >= 0.3 is 0 Å². The van der Waals surface area contributed by atoms with Crippen LogP contribution in [0.25, 0.3) is 0 Å². The maximum atomic E-state index is 13.9. The summed E-state index contributed by atoms with van der Waals surface area (Å²) in [6.07, 6.45) is 1.64. The molecule has 2 rings (SSSR count). The summed E-state index contributed by atoms with van der Waals surface area (Å²) in [6.45, 7) is 5.81. The zero-order chi connectivity index (χ0) is 15.5. The number of hydrogen-bond acceptors (Lipinski definition) is 4. The van der Waals surface area contributed by atoms with Gasteiger partial charge in [0.15, 0.2) is 11.6 Å². The van der Waals surface area contributed by atoms with Gasteiger partial charge < -0.3 is 5.43 Å². The van der Waals surface area contributed by atoms with Crippen LogP contribution < -0.4 is 11.3 Å². The summed E-state index contributed by atoms with van der Waals surface area (Å²) >= 11 is 0. The molecule has 0 spiro atoms. The fourth-order valence-electron chi connectivity index (χ4n) is 2.73. The molecule has 0 aliphatic carbocycles. The third-order valence-electron chi connectivity index (χ3n) is 4.12. The van der Waals surface area contributed by atoms with Crippen LogP contribution in [0.4, 0.5) is 10.2 Å². The molecule has 21 heavy (non-hydrogen) atoms. The molecule has 0 aliphatic rings. The standard InChI is InChI=1S/C16H21FN4/c1-4-16(5-2,12-9-7-6-8-10-12)15-19-11(3)13(17)14(20-15)21-18/h6-10H,4-5,18H2,1-3H3,(H,19,20,21). The number of aryl methyl sites for hydroxylation is 1. The van der Waals surface area contributed by atoms with Gasteiger partial charge in [0.25, 0.3) is 0 Å². The van der Waals surface area contributed by atoms with Crippen LogP contribution in [-0.4, -0.2) is 9.97 Å². The number of rotatable bonds is 5. The molecule has 0 saturated carbocycles. The van der Waals surface area contributed by atoms with Crippen LogP contribution in [0.15, 0.2) is 30.3 Å². The van der Waals surface area contributed by atoms with Crippen molar-refractivity contribution < 1.29 is 4.39 Å². The lowest BCUT2D eigenvalue weighted by Crippen LogP contribution is -2.30. The van der Waals surface area contributed by atoms with E-state index in [1.54, 1.807) is 6.92 Å². The van der Waals surface area contributed by atoms with Crippen molar-refractivity contribution in [2.24, 2.45) is 5.84 Å². The first kappa shape index (κ1) is 15.4. The van der Waals surface area contributed by atoms with E-state index >= 15 is 0 Å². The van der Waals surface area contributed by atoms with Gasteiger partial charge in [0.1, 0.15) is 5.82 Å². The largest absolute Gasteiger partial charge is 0.306 e. The molecule has 1 aromatic heterocycles. The Hall–Kier alpha value is -2.01. The molecule has 1 aromatic carbocycles. The summed E-state index contributed by atoms with van der Waals surface area (Å²) in [6, 6.07) is 10.1.